The van der Waals surface area contributed by atoms with Gasteiger partial charge in [0.05, 0.1) is 0 Å². The number of benzene rings is 1. The second-order valence-electron chi connectivity index (χ2n) is 4.67. The van der Waals surface area contributed by atoms with E-state index in [2.05, 4.69) is 16.7 Å². The summed E-state index contributed by atoms with van der Waals surface area (Å²) < 4.78 is 0. The number of amides is 1. The molecule has 3 heteroatoms. The third-order valence-electron chi connectivity index (χ3n) is 3.46. The minimum atomic E-state index is 0.0765. The largest absolute Gasteiger partial charge is 0.326 e. The molecular weight excluding hydrogens is 212 g/mol. The van der Waals surface area contributed by atoms with Crippen LogP contribution in [0.4, 0.5) is 5.69 Å². The van der Waals surface area contributed by atoms with Crippen molar-refractivity contribution < 1.29 is 4.79 Å². The number of carbonyl (C=O) groups excluding carboxylic acids is 1. The number of hydrogen-bond acceptors (Lipinski definition) is 2. The summed E-state index contributed by atoms with van der Waals surface area (Å²) in [5.74, 6) is 0.201. The number of hydrogen-bond donors (Lipinski definition) is 2. The minimum absolute atomic E-state index is 0.0765. The van der Waals surface area contributed by atoms with Crippen molar-refractivity contribution in [2.75, 3.05) is 11.9 Å². The van der Waals surface area contributed by atoms with Gasteiger partial charge in [0.25, 0.3) is 0 Å². The van der Waals surface area contributed by atoms with Gasteiger partial charge in [-0.05, 0) is 36.6 Å². The number of carbonyl (C=O) groups is 1. The van der Waals surface area contributed by atoms with Gasteiger partial charge in [-0.1, -0.05) is 26.0 Å². The van der Waals surface area contributed by atoms with Gasteiger partial charge in [-0.15, -0.1) is 0 Å². The molecule has 2 N–H and O–H groups in total. The van der Waals surface area contributed by atoms with Crippen molar-refractivity contribution in [2.45, 2.75) is 33.2 Å². The van der Waals surface area contributed by atoms with Crippen molar-refractivity contribution in [1.29, 1.82) is 0 Å². The Kier molecular flexibility index (Phi) is 3.79. The summed E-state index contributed by atoms with van der Waals surface area (Å²) in [5.41, 5.74) is 3.59. The van der Waals surface area contributed by atoms with E-state index < -0.39 is 0 Å². The van der Waals surface area contributed by atoms with Crippen molar-refractivity contribution in [3.8, 4) is 0 Å². The average Bonchev–Trinajstić information content (AvgIpc) is 2.38. The molecule has 0 saturated heterocycles. The number of rotatable bonds is 3. The molecular formula is C14H20N2O. The van der Waals surface area contributed by atoms with Gasteiger partial charge in [0.2, 0.25) is 5.91 Å². The Hall–Kier alpha value is -1.35. The first-order valence-electron chi connectivity index (χ1n) is 6.34. The van der Waals surface area contributed by atoms with E-state index in [0.717, 1.165) is 31.6 Å². The van der Waals surface area contributed by atoms with E-state index in [0.29, 0.717) is 0 Å². The quantitative estimate of drug-likeness (QED) is 0.839. The van der Waals surface area contributed by atoms with Gasteiger partial charge in [0.15, 0.2) is 0 Å². The lowest BCUT2D eigenvalue weighted by Gasteiger charge is -2.21. The summed E-state index contributed by atoms with van der Waals surface area (Å²) in [6, 6.07) is 6.14. The van der Waals surface area contributed by atoms with Crippen molar-refractivity contribution in [3.63, 3.8) is 0 Å². The maximum atomic E-state index is 11.9. The van der Waals surface area contributed by atoms with Crippen LogP contribution in [0, 0.1) is 5.92 Å². The lowest BCUT2D eigenvalue weighted by molar-refractivity contribution is -0.119. The fraction of sp³-hybridized carbons (Fsp3) is 0.500. The van der Waals surface area contributed by atoms with Gasteiger partial charge < -0.3 is 10.6 Å². The van der Waals surface area contributed by atoms with E-state index in [9.17, 15) is 4.79 Å². The third kappa shape index (κ3) is 2.67. The lowest BCUT2D eigenvalue weighted by Crippen LogP contribution is -2.26. The average molecular weight is 232 g/mol. The zero-order valence-corrected chi connectivity index (χ0v) is 10.5. The summed E-state index contributed by atoms with van der Waals surface area (Å²) in [6.07, 6.45) is 1.87. The highest BCUT2D eigenvalue weighted by Crippen LogP contribution is 2.23. The van der Waals surface area contributed by atoms with Gasteiger partial charge >= 0.3 is 0 Å². The molecule has 1 aromatic rings. The Balaban J connectivity index is 2.18. The minimum Gasteiger partial charge on any atom is -0.326 e. The predicted molar refractivity (Wildman–Crippen MR) is 69.9 cm³/mol. The van der Waals surface area contributed by atoms with Gasteiger partial charge in [-0.2, -0.15) is 0 Å². The molecule has 1 aliphatic heterocycles. The summed E-state index contributed by atoms with van der Waals surface area (Å²) in [6.45, 7) is 5.90. The normalized spacial score (nSPS) is 16.1. The van der Waals surface area contributed by atoms with Crippen molar-refractivity contribution >= 4 is 11.6 Å². The van der Waals surface area contributed by atoms with Crippen LogP contribution in [0.25, 0.3) is 0 Å². The van der Waals surface area contributed by atoms with Crippen LogP contribution in [-0.4, -0.2) is 12.5 Å². The molecule has 1 unspecified atom stereocenters. The second kappa shape index (κ2) is 5.32. The van der Waals surface area contributed by atoms with Crippen LogP contribution in [0.5, 0.6) is 0 Å². The molecule has 17 heavy (non-hydrogen) atoms. The Morgan fingerprint density at radius 3 is 3.12 bits per heavy atom. The highest BCUT2D eigenvalue weighted by atomic mass is 16.1. The van der Waals surface area contributed by atoms with Crippen molar-refractivity contribution in [1.82, 2.24) is 5.32 Å². The van der Waals surface area contributed by atoms with Crippen LogP contribution < -0.4 is 10.6 Å². The first-order valence-corrected chi connectivity index (χ1v) is 6.34. The van der Waals surface area contributed by atoms with E-state index in [1.807, 2.05) is 26.0 Å². The maximum Gasteiger partial charge on any atom is 0.227 e. The van der Waals surface area contributed by atoms with Gasteiger partial charge in [0, 0.05) is 18.2 Å². The van der Waals surface area contributed by atoms with Crippen LogP contribution >= 0.6 is 0 Å². The molecule has 1 aliphatic rings. The number of nitrogens with one attached hydrogen (secondary N) is 2. The molecule has 0 saturated carbocycles. The Morgan fingerprint density at radius 2 is 2.35 bits per heavy atom. The fourth-order valence-corrected chi connectivity index (χ4v) is 2.09. The SMILES string of the molecule is CCC(C)C(=O)Nc1cccc2c1CCNC2. The zero-order valence-electron chi connectivity index (χ0n) is 10.5. The van der Waals surface area contributed by atoms with Gasteiger partial charge in [-0.25, -0.2) is 0 Å². The van der Waals surface area contributed by atoms with E-state index in [1.165, 1.54) is 11.1 Å². The summed E-state index contributed by atoms with van der Waals surface area (Å²) in [4.78, 5) is 11.9. The Morgan fingerprint density at radius 1 is 1.53 bits per heavy atom. The number of fused-ring (bicyclic) bond motifs is 1. The first kappa shape index (κ1) is 12.1. The Bertz CT molecular complexity index is 415. The van der Waals surface area contributed by atoms with Gasteiger partial charge in [0.1, 0.15) is 0 Å². The summed E-state index contributed by atoms with van der Waals surface area (Å²) in [7, 11) is 0. The molecule has 1 heterocycles. The molecule has 3 nitrogen and oxygen atoms in total. The molecule has 2 rings (SSSR count). The highest BCUT2D eigenvalue weighted by Gasteiger charge is 2.16. The van der Waals surface area contributed by atoms with E-state index in [1.54, 1.807) is 0 Å². The van der Waals surface area contributed by atoms with Crippen LogP contribution in [-0.2, 0) is 17.8 Å². The maximum absolute atomic E-state index is 11.9. The molecule has 0 spiro atoms. The molecule has 92 valence electrons. The predicted octanol–water partition coefficient (Wildman–Crippen LogP) is 2.32. The van der Waals surface area contributed by atoms with Crippen LogP contribution in [0.2, 0.25) is 0 Å². The zero-order chi connectivity index (χ0) is 12.3. The number of anilines is 1. The van der Waals surface area contributed by atoms with Crippen LogP contribution in [0.3, 0.4) is 0 Å². The molecule has 0 fully saturated rings. The monoisotopic (exact) mass is 232 g/mol. The molecule has 1 atom stereocenters. The highest BCUT2D eigenvalue weighted by molar-refractivity contribution is 5.93. The van der Waals surface area contributed by atoms with Crippen molar-refractivity contribution in [2.24, 2.45) is 5.92 Å². The summed E-state index contributed by atoms with van der Waals surface area (Å²) >= 11 is 0. The second-order valence-corrected chi connectivity index (χ2v) is 4.67. The van der Waals surface area contributed by atoms with Crippen LogP contribution in [0.15, 0.2) is 18.2 Å². The molecule has 1 aromatic carbocycles. The lowest BCUT2D eigenvalue weighted by atomic mass is 9.98. The first-order chi connectivity index (χ1) is 8.22. The fourth-order valence-electron chi connectivity index (χ4n) is 2.09. The molecule has 0 bridgehead atoms. The van der Waals surface area contributed by atoms with Gasteiger partial charge in [-0.3, -0.25) is 4.79 Å². The molecule has 1 amide bonds. The van der Waals surface area contributed by atoms with Crippen molar-refractivity contribution in [3.05, 3.63) is 29.3 Å². The molecule has 0 radical (unpaired) electrons. The third-order valence-corrected chi connectivity index (χ3v) is 3.46. The topological polar surface area (TPSA) is 41.1 Å². The van der Waals surface area contributed by atoms with E-state index in [4.69, 9.17) is 0 Å². The van der Waals surface area contributed by atoms with Crippen LogP contribution in [0.1, 0.15) is 31.4 Å². The molecule has 0 aromatic heterocycles. The summed E-state index contributed by atoms with van der Waals surface area (Å²) in [5, 5.41) is 6.40. The smallest absolute Gasteiger partial charge is 0.227 e. The Labute approximate surface area is 103 Å². The standard InChI is InChI=1S/C14H20N2O/c1-3-10(2)14(17)16-13-6-4-5-11-9-15-8-7-12(11)13/h4-6,10,15H,3,7-9H2,1-2H3,(H,16,17). The van der Waals surface area contributed by atoms with E-state index in [-0.39, 0.29) is 11.8 Å². The molecule has 0 aliphatic carbocycles. The van der Waals surface area contributed by atoms with E-state index >= 15 is 0 Å².